The van der Waals surface area contributed by atoms with Gasteiger partial charge in [-0.25, -0.2) is 4.68 Å². The first-order chi connectivity index (χ1) is 15.7. The van der Waals surface area contributed by atoms with Gasteiger partial charge < -0.3 is 14.4 Å². The second-order valence-electron chi connectivity index (χ2n) is 9.89. The van der Waals surface area contributed by atoms with E-state index in [1.165, 1.54) is 22.4 Å². The summed E-state index contributed by atoms with van der Waals surface area (Å²) in [6.45, 7) is 3.35. The van der Waals surface area contributed by atoms with Gasteiger partial charge in [0.1, 0.15) is 5.69 Å². The van der Waals surface area contributed by atoms with Crippen LogP contribution in [-0.2, 0) is 24.7 Å². The Hall–Kier alpha value is -2.79. The van der Waals surface area contributed by atoms with Gasteiger partial charge in [0.15, 0.2) is 17.6 Å². The average Bonchev–Trinajstić information content (AvgIpc) is 3.36. The molecule has 5 heteroatoms. The summed E-state index contributed by atoms with van der Waals surface area (Å²) in [4.78, 5) is 2.59. The molecule has 3 aromatic rings. The predicted octanol–water partition coefficient (Wildman–Crippen LogP) is 4.25. The lowest BCUT2D eigenvalue weighted by Crippen LogP contribution is -2.62. The Bertz CT molecular complexity index is 1230. The van der Waals surface area contributed by atoms with E-state index >= 15 is 0 Å². The molecule has 0 radical (unpaired) electrons. The molecule has 1 saturated heterocycles. The van der Waals surface area contributed by atoms with E-state index in [1.54, 1.807) is 7.11 Å². The monoisotopic (exact) mass is 427 g/mol. The van der Waals surface area contributed by atoms with Crippen molar-refractivity contribution in [3.05, 3.63) is 70.5 Å². The maximum Gasteiger partial charge on any atom is 0.166 e. The van der Waals surface area contributed by atoms with Gasteiger partial charge in [-0.05, 0) is 69.0 Å². The molecule has 1 aromatic heterocycles. The summed E-state index contributed by atoms with van der Waals surface area (Å²) in [5.74, 6) is 2.38. The number of rotatable bonds is 3. The highest BCUT2D eigenvalue weighted by atomic mass is 16.5. The smallest absolute Gasteiger partial charge is 0.166 e. The van der Waals surface area contributed by atoms with Crippen LogP contribution in [0.5, 0.6) is 11.5 Å². The first-order valence-electron chi connectivity index (χ1n) is 11.9. The highest BCUT2D eigenvalue weighted by molar-refractivity contribution is 5.63. The van der Waals surface area contributed by atoms with Gasteiger partial charge in [-0.15, -0.1) is 0 Å². The minimum absolute atomic E-state index is 0.00250. The summed E-state index contributed by atoms with van der Waals surface area (Å²) >= 11 is 0. The van der Waals surface area contributed by atoms with Crippen molar-refractivity contribution in [2.24, 2.45) is 5.92 Å². The van der Waals surface area contributed by atoms with Crippen LogP contribution < -0.4 is 9.47 Å². The zero-order chi connectivity index (χ0) is 21.6. The van der Waals surface area contributed by atoms with Crippen LogP contribution in [0.4, 0.5) is 0 Å². The number of likely N-dealkylation sites (tertiary alicyclic amines) is 1. The molecule has 164 valence electrons. The zero-order valence-electron chi connectivity index (χ0n) is 19.0. The van der Waals surface area contributed by atoms with Crippen molar-refractivity contribution < 1.29 is 9.47 Å². The van der Waals surface area contributed by atoms with E-state index in [-0.39, 0.29) is 11.5 Å². The number of piperidine rings is 1. The van der Waals surface area contributed by atoms with Crippen LogP contribution in [0.3, 0.4) is 0 Å². The van der Waals surface area contributed by atoms with Gasteiger partial charge in [-0.1, -0.05) is 31.2 Å². The summed E-state index contributed by atoms with van der Waals surface area (Å²) in [7, 11) is 4.06. The molecule has 1 fully saturated rings. The summed E-state index contributed by atoms with van der Waals surface area (Å²) in [6, 6.07) is 15.5. The lowest BCUT2D eigenvalue weighted by Gasteiger charge is -2.57. The fourth-order valence-electron chi connectivity index (χ4n) is 7.36. The summed E-state index contributed by atoms with van der Waals surface area (Å²) in [5, 5.41) is 5.26. The zero-order valence-corrected chi connectivity index (χ0v) is 19.0. The standard InChI is InChI=1S/C27H29N3O2/c1-4-20-18-15-19-21-14-16-10-11-22(31-3)25-23(16)27(19,12-13-29(21)2)26(32-25)24(18)28-30(20)17-8-6-5-7-9-17/h5-11,19,21,26H,4,12-15H2,1-3H3/t19-,21-,26-,27-/m0/s1. The topological polar surface area (TPSA) is 39.5 Å². The van der Waals surface area contributed by atoms with E-state index in [2.05, 4.69) is 66.0 Å². The fraction of sp³-hybridized carbons (Fsp3) is 0.444. The molecule has 2 aliphatic heterocycles. The number of nitrogens with zero attached hydrogens (tertiary/aromatic N) is 3. The third-order valence-corrected chi connectivity index (χ3v) is 8.73. The molecule has 0 amide bonds. The average molecular weight is 428 g/mol. The third kappa shape index (κ3) is 2.11. The normalized spacial score (nSPS) is 29.3. The lowest BCUT2D eigenvalue weighted by molar-refractivity contribution is -0.0257. The van der Waals surface area contributed by atoms with Crippen molar-refractivity contribution >= 4 is 0 Å². The van der Waals surface area contributed by atoms with E-state index in [1.807, 2.05) is 0 Å². The number of ether oxygens (including phenoxy) is 2. The highest BCUT2D eigenvalue weighted by Crippen LogP contribution is 2.67. The van der Waals surface area contributed by atoms with Crippen LogP contribution in [0.25, 0.3) is 5.69 Å². The molecule has 4 atom stereocenters. The Morgan fingerprint density at radius 3 is 2.78 bits per heavy atom. The summed E-state index contributed by atoms with van der Waals surface area (Å²) in [6.07, 6.45) is 4.21. The van der Waals surface area contributed by atoms with Crippen LogP contribution in [0.2, 0.25) is 0 Å². The Morgan fingerprint density at radius 2 is 2.00 bits per heavy atom. The van der Waals surface area contributed by atoms with Gasteiger partial charge in [0.2, 0.25) is 0 Å². The molecule has 7 rings (SSSR count). The van der Waals surface area contributed by atoms with Crippen molar-refractivity contribution in [1.29, 1.82) is 0 Å². The van der Waals surface area contributed by atoms with Crippen molar-refractivity contribution in [3.8, 4) is 17.2 Å². The number of para-hydroxylation sites is 1. The maximum absolute atomic E-state index is 6.89. The van der Waals surface area contributed by atoms with E-state index in [9.17, 15) is 0 Å². The number of hydrogen-bond donors (Lipinski definition) is 0. The van der Waals surface area contributed by atoms with Gasteiger partial charge in [-0.3, -0.25) is 0 Å². The number of fused-ring (bicyclic) bond motifs is 2. The number of aromatic nitrogens is 2. The quantitative estimate of drug-likeness (QED) is 0.627. The second-order valence-corrected chi connectivity index (χ2v) is 9.89. The van der Waals surface area contributed by atoms with Gasteiger partial charge in [0.05, 0.1) is 12.8 Å². The summed E-state index contributed by atoms with van der Waals surface area (Å²) in [5.41, 5.74) is 7.90. The third-order valence-electron chi connectivity index (χ3n) is 8.73. The molecule has 2 aromatic carbocycles. The molecular formula is C27H29N3O2. The summed E-state index contributed by atoms with van der Waals surface area (Å²) < 4.78 is 14.8. The Morgan fingerprint density at radius 1 is 1.16 bits per heavy atom. The minimum Gasteiger partial charge on any atom is -0.493 e. The Kier molecular flexibility index (Phi) is 3.74. The van der Waals surface area contributed by atoms with Crippen molar-refractivity contribution in [2.75, 3.05) is 20.7 Å². The molecule has 0 N–H and O–H groups in total. The second kappa shape index (κ2) is 6.38. The Labute approximate surface area is 188 Å². The lowest BCUT2D eigenvalue weighted by atomic mass is 9.51. The molecule has 2 aliphatic carbocycles. The number of methoxy groups -OCH3 is 1. The Balaban J connectivity index is 1.50. The van der Waals surface area contributed by atoms with Crippen LogP contribution in [0.15, 0.2) is 42.5 Å². The number of likely N-dealkylation sites (N-methyl/N-ethyl adjacent to an activating group) is 1. The van der Waals surface area contributed by atoms with Gasteiger partial charge in [0, 0.05) is 28.3 Å². The van der Waals surface area contributed by atoms with Gasteiger partial charge >= 0.3 is 0 Å². The molecule has 4 aliphatic rings. The van der Waals surface area contributed by atoms with Crippen molar-refractivity contribution in [1.82, 2.24) is 14.7 Å². The van der Waals surface area contributed by atoms with Crippen LogP contribution in [0.1, 0.15) is 47.5 Å². The molecular weight excluding hydrogens is 398 g/mol. The van der Waals surface area contributed by atoms with E-state index < -0.39 is 0 Å². The fourth-order valence-corrected chi connectivity index (χ4v) is 7.36. The first kappa shape index (κ1) is 18.8. The SMILES string of the molecule is CCc1c2c(nn1-c1ccccc1)[C@@H]1Oc3c(OC)ccc4c3[C@@]13CCN(C)[C@@H](C4)[C@@H]3C2. The molecule has 5 nitrogen and oxygen atoms in total. The number of hydrogen-bond acceptors (Lipinski definition) is 4. The molecule has 0 saturated carbocycles. The highest BCUT2D eigenvalue weighted by Gasteiger charge is 2.65. The molecule has 2 bridgehead atoms. The minimum atomic E-state index is -0.0342. The number of benzene rings is 2. The predicted molar refractivity (Wildman–Crippen MR) is 123 cm³/mol. The molecule has 0 unspecified atom stereocenters. The van der Waals surface area contributed by atoms with E-state index in [0.717, 1.165) is 55.1 Å². The first-order valence-corrected chi connectivity index (χ1v) is 11.9. The van der Waals surface area contributed by atoms with Crippen LogP contribution in [0, 0.1) is 5.92 Å². The van der Waals surface area contributed by atoms with Crippen molar-refractivity contribution in [2.45, 2.75) is 50.2 Å². The van der Waals surface area contributed by atoms with Gasteiger partial charge in [-0.2, -0.15) is 5.10 Å². The molecule has 32 heavy (non-hydrogen) atoms. The van der Waals surface area contributed by atoms with Gasteiger partial charge in [0.25, 0.3) is 0 Å². The maximum atomic E-state index is 6.89. The van der Waals surface area contributed by atoms with Crippen molar-refractivity contribution in [3.63, 3.8) is 0 Å². The largest absolute Gasteiger partial charge is 0.493 e. The van der Waals surface area contributed by atoms with Crippen LogP contribution >= 0.6 is 0 Å². The van der Waals surface area contributed by atoms with E-state index in [0.29, 0.717) is 12.0 Å². The van der Waals surface area contributed by atoms with Crippen LogP contribution in [-0.4, -0.2) is 41.4 Å². The molecule has 3 heterocycles. The van der Waals surface area contributed by atoms with E-state index in [4.69, 9.17) is 14.6 Å². The molecule has 1 spiro atoms.